The van der Waals surface area contributed by atoms with Crippen molar-refractivity contribution < 1.29 is 29.7 Å². The number of carboxylic acids is 3. The molecule has 104 valence electrons. The van der Waals surface area contributed by atoms with Gasteiger partial charge in [0.15, 0.2) is 0 Å². The second-order valence-electron chi connectivity index (χ2n) is 2.91. The molecule has 0 atom stereocenters. The molecule has 0 aromatic carbocycles. The predicted molar refractivity (Wildman–Crippen MR) is 65.1 cm³/mol. The zero-order valence-corrected chi connectivity index (χ0v) is 11.2. The average Bonchev–Trinajstić information content (AvgIpc) is 2.01. The van der Waals surface area contributed by atoms with Gasteiger partial charge in [0.25, 0.3) is 17.9 Å². The van der Waals surface area contributed by atoms with E-state index < -0.39 is 17.9 Å². The first kappa shape index (κ1) is 24.6. The highest BCUT2D eigenvalue weighted by Gasteiger charge is 1.68. The van der Waals surface area contributed by atoms with Crippen molar-refractivity contribution in [3.8, 4) is 0 Å². The Labute approximate surface area is 102 Å². The molecule has 0 fully saturated rings. The van der Waals surface area contributed by atoms with Gasteiger partial charge in [-0.15, -0.1) is 0 Å². The molecule has 0 aliphatic carbocycles. The first-order chi connectivity index (χ1) is 7.61. The fourth-order valence-electron chi connectivity index (χ4n) is 0.354. The number of rotatable bonds is 2. The molecule has 0 bridgehead atoms. The molecule has 0 radical (unpaired) electrons. The van der Waals surface area contributed by atoms with Gasteiger partial charge in [-0.3, -0.25) is 14.4 Å². The summed E-state index contributed by atoms with van der Waals surface area (Å²) in [7, 11) is 0. The number of unbranched alkanes of at least 4 members (excludes halogenated alkanes) is 2. The number of aliphatic carboxylic acids is 3. The third-order valence-electron chi connectivity index (χ3n) is 0.707. The third kappa shape index (κ3) is 13200. The average molecular weight is 252 g/mol. The zero-order valence-electron chi connectivity index (χ0n) is 11.2. The lowest BCUT2D eigenvalue weighted by atomic mass is 10.3. The van der Waals surface area contributed by atoms with Gasteiger partial charge in [-0.2, -0.15) is 0 Å². The summed E-state index contributed by atoms with van der Waals surface area (Å²) >= 11 is 0. The molecule has 0 aliphatic heterocycles. The van der Waals surface area contributed by atoms with Gasteiger partial charge in [0.2, 0.25) is 0 Å². The fourth-order valence-corrected chi connectivity index (χ4v) is 0.354. The van der Waals surface area contributed by atoms with Crippen molar-refractivity contribution in [1.29, 1.82) is 0 Å². The highest BCUT2D eigenvalue weighted by Crippen LogP contribution is 1.88. The summed E-state index contributed by atoms with van der Waals surface area (Å²) in [5.74, 6) is -2.50. The van der Waals surface area contributed by atoms with Crippen LogP contribution in [0.2, 0.25) is 0 Å². The molecule has 0 heterocycles. The van der Waals surface area contributed by atoms with Crippen LogP contribution in [-0.2, 0) is 14.4 Å². The van der Waals surface area contributed by atoms with Gasteiger partial charge < -0.3 is 15.3 Å². The van der Waals surface area contributed by atoms with Crippen LogP contribution in [0.1, 0.15) is 53.9 Å². The Hall–Kier alpha value is -1.59. The van der Waals surface area contributed by atoms with Gasteiger partial charge in [0.05, 0.1) is 0 Å². The topological polar surface area (TPSA) is 112 Å². The maximum Gasteiger partial charge on any atom is 0.300 e. The highest BCUT2D eigenvalue weighted by molar-refractivity contribution is 5.63. The summed E-state index contributed by atoms with van der Waals surface area (Å²) < 4.78 is 0. The largest absolute Gasteiger partial charge is 0.481 e. The molecule has 6 heteroatoms. The van der Waals surface area contributed by atoms with E-state index in [1.54, 1.807) is 0 Å². The van der Waals surface area contributed by atoms with Gasteiger partial charge in [-0.1, -0.05) is 33.1 Å². The molecule has 0 amide bonds. The maximum atomic E-state index is 9.00. The van der Waals surface area contributed by atoms with E-state index in [1.165, 1.54) is 19.3 Å². The molecular formula is C11H24O6. The minimum absolute atomic E-state index is 0.833. The smallest absolute Gasteiger partial charge is 0.300 e. The van der Waals surface area contributed by atoms with Crippen LogP contribution in [0, 0.1) is 0 Å². The second-order valence-corrected chi connectivity index (χ2v) is 2.91. The fraction of sp³-hybridized carbons (Fsp3) is 0.727. The van der Waals surface area contributed by atoms with Crippen molar-refractivity contribution in [2.24, 2.45) is 0 Å². The Balaban J connectivity index is -0.0000000667. The molecule has 17 heavy (non-hydrogen) atoms. The first-order valence-electron chi connectivity index (χ1n) is 5.20. The standard InChI is InChI=1S/C5H12.3C2H4O2/c1-3-5-4-2;3*1-2(3)4/h3-5H2,1-2H3;3*1H3,(H,3,4). The summed E-state index contributed by atoms with van der Waals surface area (Å²) in [6.45, 7) is 7.67. The van der Waals surface area contributed by atoms with Crippen molar-refractivity contribution in [1.82, 2.24) is 0 Å². The Morgan fingerprint density at radius 1 is 0.706 bits per heavy atom. The van der Waals surface area contributed by atoms with E-state index in [9.17, 15) is 0 Å². The molecule has 6 nitrogen and oxygen atoms in total. The normalized spacial score (nSPS) is 6.88. The molecule has 0 saturated heterocycles. The van der Waals surface area contributed by atoms with Crippen LogP contribution in [0.3, 0.4) is 0 Å². The van der Waals surface area contributed by atoms with Gasteiger partial charge in [0, 0.05) is 20.8 Å². The van der Waals surface area contributed by atoms with Crippen LogP contribution < -0.4 is 0 Å². The Kier molecular flexibility index (Phi) is 34.6. The Morgan fingerprint density at radius 3 is 0.824 bits per heavy atom. The van der Waals surface area contributed by atoms with Crippen molar-refractivity contribution in [2.45, 2.75) is 53.9 Å². The van der Waals surface area contributed by atoms with Crippen LogP contribution in [0.5, 0.6) is 0 Å². The molecule has 3 N–H and O–H groups in total. The SMILES string of the molecule is CC(=O)O.CC(=O)O.CC(=O)O.CCCCC. The Bertz CT molecular complexity index is 146. The van der Waals surface area contributed by atoms with Crippen molar-refractivity contribution in [2.75, 3.05) is 0 Å². The number of hydrogen-bond donors (Lipinski definition) is 3. The number of hydrogen-bond acceptors (Lipinski definition) is 3. The molecule has 0 saturated carbocycles. The van der Waals surface area contributed by atoms with Crippen LogP contribution in [0.4, 0.5) is 0 Å². The van der Waals surface area contributed by atoms with E-state index in [4.69, 9.17) is 29.7 Å². The lowest BCUT2D eigenvalue weighted by molar-refractivity contribution is -0.135. The number of carbonyl (C=O) groups is 3. The monoisotopic (exact) mass is 252 g/mol. The summed E-state index contributed by atoms with van der Waals surface area (Å²) in [5.41, 5.74) is 0. The van der Waals surface area contributed by atoms with Gasteiger partial charge >= 0.3 is 0 Å². The second kappa shape index (κ2) is 23.9. The van der Waals surface area contributed by atoms with Gasteiger partial charge in [-0.25, -0.2) is 0 Å². The van der Waals surface area contributed by atoms with Crippen LogP contribution >= 0.6 is 0 Å². The summed E-state index contributed by atoms with van der Waals surface area (Å²) in [5, 5.41) is 22.2. The summed E-state index contributed by atoms with van der Waals surface area (Å²) in [6.07, 6.45) is 4.08. The van der Waals surface area contributed by atoms with Crippen LogP contribution in [0.25, 0.3) is 0 Å². The van der Waals surface area contributed by atoms with E-state index in [0.29, 0.717) is 0 Å². The molecule has 0 aromatic heterocycles. The third-order valence-corrected chi connectivity index (χ3v) is 0.707. The lowest BCUT2D eigenvalue weighted by Crippen LogP contribution is -1.78. The molecular weight excluding hydrogens is 228 g/mol. The molecule has 0 unspecified atom stereocenters. The first-order valence-corrected chi connectivity index (χ1v) is 5.20. The quantitative estimate of drug-likeness (QED) is 0.696. The minimum atomic E-state index is -0.833. The van der Waals surface area contributed by atoms with Crippen molar-refractivity contribution in [3.63, 3.8) is 0 Å². The van der Waals surface area contributed by atoms with Crippen LogP contribution in [0.15, 0.2) is 0 Å². The molecule has 0 rings (SSSR count). The maximum absolute atomic E-state index is 9.00. The minimum Gasteiger partial charge on any atom is -0.481 e. The molecule has 0 aromatic rings. The molecule has 0 spiro atoms. The van der Waals surface area contributed by atoms with E-state index >= 15 is 0 Å². The van der Waals surface area contributed by atoms with E-state index in [0.717, 1.165) is 20.8 Å². The van der Waals surface area contributed by atoms with Gasteiger partial charge in [-0.05, 0) is 0 Å². The highest BCUT2D eigenvalue weighted by atomic mass is 16.4. The van der Waals surface area contributed by atoms with E-state index in [2.05, 4.69) is 13.8 Å². The summed E-state index contributed by atoms with van der Waals surface area (Å²) in [4.78, 5) is 27.0. The molecule has 0 aliphatic rings. The van der Waals surface area contributed by atoms with E-state index in [1.807, 2.05) is 0 Å². The predicted octanol–water partition coefficient (Wildman–Crippen LogP) is 2.47. The van der Waals surface area contributed by atoms with E-state index in [-0.39, 0.29) is 0 Å². The zero-order chi connectivity index (χ0) is 14.9. The van der Waals surface area contributed by atoms with Gasteiger partial charge in [0.1, 0.15) is 0 Å². The Morgan fingerprint density at radius 2 is 0.824 bits per heavy atom. The number of carboxylic acid groups (broad SMARTS) is 3. The van der Waals surface area contributed by atoms with Crippen molar-refractivity contribution >= 4 is 17.9 Å². The van der Waals surface area contributed by atoms with Crippen molar-refractivity contribution in [3.05, 3.63) is 0 Å². The summed E-state index contributed by atoms with van der Waals surface area (Å²) in [6, 6.07) is 0. The van der Waals surface area contributed by atoms with Crippen LogP contribution in [-0.4, -0.2) is 33.2 Å². The lowest BCUT2D eigenvalue weighted by Gasteiger charge is -1.79.